The van der Waals surface area contributed by atoms with Crippen LogP contribution in [0.5, 0.6) is 0 Å². The van der Waals surface area contributed by atoms with Crippen molar-refractivity contribution in [3.05, 3.63) is 64.9 Å². The molecule has 0 radical (unpaired) electrons. The number of pyridine rings is 1. The molecule has 1 aromatic carbocycles. The number of H-pyrrole nitrogens is 1. The lowest BCUT2D eigenvalue weighted by atomic mass is 10.1. The summed E-state index contributed by atoms with van der Waals surface area (Å²) in [5.41, 5.74) is 1.89. The van der Waals surface area contributed by atoms with E-state index in [1.807, 2.05) is 5.38 Å². The van der Waals surface area contributed by atoms with Crippen molar-refractivity contribution >= 4 is 34.0 Å². The van der Waals surface area contributed by atoms with Gasteiger partial charge >= 0.3 is 0 Å². The maximum absolute atomic E-state index is 14.8. The van der Waals surface area contributed by atoms with Crippen LogP contribution in [0.2, 0.25) is 0 Å². The second kappa shape index (κ2) is 5.86. The SMILES string of the molecule is O=C(Nc1n[nH]c2c(F)c(-c3cccnc3)ccc12)c1ccsc1. The fourth-order valence-electron chi connectivity index (χ4n) is 2.47. The maximum Gasteiger partial charge on any atom is 0.257 e. The third-order valence-electron chi connectivity index (χ3n) is 3.66. The van der Waals surface area contributed by atoms with Gasteiger partial charge in [-0.15, -0.1) is 0 Å². The van der Waals surface area contributed by atoms with Crippen LogP contribution in [0.15, 0.2) is 53.5 Å². The number of nitrogens with one attached hydrogen (secondary N) is 2. The van der Waals surface area contributed by atoms with Crippen LogP contribution in [0, 0.1) is 5.82 Å². The molecule has 24 heavy (non-hydrogen) atoms. The Morgan fingerprint density at radius 2 is 2.17 bits per heavy atom. The van der Waals surface area contributed by atoms with Crippen LogP contribution in [0.4, 0.5) is 10.2 Å². The summed E-state index contributed by atoms with van der Waals surface area (Å²) in [5.74, 6) is -0.400. The van der Waals surface area contributed by atoms with Crippen LogP contribution >= 0.6 is 11.3 Å². The van der Waals surface area contributed by atoms with E-state index in [-0.39, 0.29) is 11.4 Å². The first kappa shape index (κ1) is 14.5. The fraction of sp³-hybridized carbons (Fsp3) is 0. The van der Waals surface area contributed by atoms with Crippen molar-refractivity contribution in [3.8, 4) is 11.1 Å². The molecule has 3 heterocycles. The van der Waals surface area contributed by atoms with Gasteiger partial charge in [0.2, 0.25) is 0 Å². The molecule has 118 valence electrons. The summed E-state index contributed by atoms with van der Waals surface area (Å²) in [6, 6.07) is 8.64. The Morgan fingerprint density at radius 3 is 2.92 bits per heavy atom. The molecule has 0 saturated carbocycles. The molecule has 0 unspecified atom stereocenters. The van der Waals surface area contributed by atoms with E-state index in [1.165, 1.54) is 11.3 Å². The minimum Gasteiger partial charge on any atom is -0.305 e. The second-order valence-electron chi connectivity index (χ2n) is 5.13. The third kappa shape index (κ3) is 2.44. The molecule has 0 fully saturated rings. The smallest absolute Gasteiger partial charge is 0.257 e. The predicted molar refractivity (Wildman–Crippen MR) is 91.6 cm³/mol. The number of halogens is 1. The lowest BCUT2D eigenvalue weighted by Gasteiger charge is -2.04. The second-order valence-corrected chi connectivity index (χ2v) is 5.91. The summed E-state index contributed by atoms with van der Waals surface area (Å²) in [6.07, 6.45) is 3.23. The monoisotopic (exact) mass is 338 g/mol. The number of aromatic nitrogens is 3. The number of anilines is 1. The quantitative estimate of drug-likeness (QED) is 0.591. The molecule has 7 heteroatoms. The van der Waals surface area contributed by atoms with Crippen molar-refractivity contribution in [3.63, 3.8) is 0 Å². The first-order valence-electron chi connectivity index (χ1n) is 7.14. The highest BCUT2D eigenvalue weighted by Crippen LogP contribution is 2.30. The highest BCUT2D eigenvalue weighted by atomic mass is 32.1. The Bertz CT molecular complexity index is 1010. The number of carbonyl (C=O) groups is 1. The third-order valence-corrected chi connectivity index (χ3v) is 4.35. The zero-order valence-corrected chi connectivity index (χ0v) is 13.1. The van der Waals surface area contributed by atoms with Gasteiger partial charge in [-0.3, -0.25) is 14.9 Å². The average Bonchev–Trinajstić information content (AvgIpc) is 3.27. The number of benzene rings is 1. The lowest BCUT2D eigenvalue weighted by molar-refractivity contribution is 0.102. The zero-order valence-electron chi connectivity index (χ0n) is 12.3. The van der Waals surface area contributed by atoms with Crippen molar-refractivity contribution in [2.45, 2.75) is 0 Å². The number of thiophene rings is 1. The van der Waals surface area contributed by atoms with E-state index >= 15 is 0 Å². The normalized spacial score (nSPS) is 10.9. The Labute approximate surface area is 140 Å². The Hall–Kier alpha value is -3.06. The summed E-state index contributed by atoms with van der Waals surface area (Å²) in [5, 5.41) is 13.5. The fourth-order valence-corrected chi connectivity index (χ4v) is 3.10. The molecule has 5 nitrogen and oxygen atoms in total. The van der Waals surface area contributed by atoms with Gasteiger partial charge in [0.1, 0.15) is 5.52 Å². The van der Waals surface area contributed by atoms with E-state index in [4.69, 9.17) is 0 Å². The van der Waals surface area contributed by atoms with Crippen molar-refractivity contribution in [2.24, 2.45) is 0 Å². The molecule has 0 aliphatic carbocycles. The largest absolute Gasteiger partial charge is 0.305 e. The molecule has 0 atom stereocenters. The van der Waals surface area contributed by atoms with E-state index in [2.05, 4.69) is 20.5 Å². The predicted octanol–water partition coefficient (Wildman–Crippen LogP) is 4.08. The van der Waals surface area contributed by atoms with Crippen LogP contribution in [0.3, 0.4) is 0 Å². The van der Waals surface area contributed by atoms with E-state index in [0.29, 0.717) is 27.9 Å². The minimum atomic E-state index is -0.427. The molecule has 0 aliphatic rings. The highest BCUT2D eigenvalue weighted by Gasteiger charge is 2.16. The molecule has 1 amide bonds. The summed E-state index contributed by atoms with van der Waals surface area (Å²) < 4.78 is 14.8. The number of carbonyl (C=O) groups excluding carboxylic acids is 1. The number of amides is 1. The van der Waals surface area contributed by atoms with E-state index < -0.39 is 5.82 Å². The summed E-state index contributed by atoms with van der Waals surface area (Å²) in [6.45, 7) is 0. The molecule has 0 aliphatic heterocycles. The van der Waals surface area contributed by atoms with Crippen molar-refractivity contribution in [1.29, 1.82) is 0 Å². The van der Waals surface area contributed by atoms with Crippen LogP contribution in [-0.2, 0) is 0 Å². The van der Waals surface area contributed by atoms with E-state index in [9.17, 15) is 9.18 Å². The molecule has 3 aromatic heterocycles. The molecule has 4 aromatic rings. The molecule has 0 bridgehead atoms. The Morgan fingerprint density at radius 1 is 1.25 bits per heavy atom. The number of hydrogen-bond donors (Lipinski definition) is 2. The van der Waals surface area contributed by atoms with Gasteiger partial charge in [0.25, 0.3) is 5.91 Å². The topological polar surface area (TPSA) is 70.7 Å². The minimum absolute atomic E-state index is 0.247. The van der Waals surface area contributed by atoms with Gasteiger partial charge in [-0.25, -0.2) is 4.39 Å². The number of nitrogens with zero attached hydrogens (tertiary/aromatic N) is 2. The first-order chi connectivity index (χ1) is 11.7. The van der Waals surface area contributed by atoms with Gasteiger partial charge in [-0.1, -0.05) is 12.1 Å². The Kier molecular flexibility index (Phi) is 3.55. The molecule has 0 spiro atoms. The van der Waals surface area contributed by atoms with Crippen molar-refractivity contribution < 1.29 is 9.18 Å². The van der Waals surface area contributed by atoms with Crippen LogP contribution in [0.1, 0.15) is 10.4 Å². The van der Waals surface area contributed by atoms with Crippen LogP contribution in [-0.4, -0.2) is 21.1 Å². The van der Waals surface area contributed by atoms with Gasteiger partial charge in [0, 0.05) is 34.3 Å². The first-order valence-corrected chi connectivity index (χ1v) is 8.09. The molecule has 2 N–H and O–H groups in total. The molecule has 4 rings (SSSR count). The summed E-state index contributed by atoms with van der Waals surface area (Å²) in [7, 11) is 0. The average molecular weight is 338 g/mol. The van der Waals surface area contributed by atoms with Crippen molar-refractivity contribution in [1.82, 2.24) is 15.2 Å². The standard InChI is InChI=1S/C17H11FN4OS/c18-14-12(10-2-1-6-19-8-10)3-4-13-15(14)21-22-16(13)20-17(23)11-5-7-24-9-11/h1-9H,(H2,20,21,22,23). The Balaban J connectivity index is 1.73. The molecular weight excluding hydrogens is 327 g/mol. The van der Waals surface area contributed by atoms with Gasteiger partial charge in [0.15, 0.2) is 11.6 Å². The highest BCUT2D eigenvalue weighted by molar-refractivity contribution is 7.08. The van der Waals surface area contributed by atoms with Crippen molar-refractivity contribution in [2.75, 3.05) is 5.32 Å². The number of rotatable bonds is 3. The molecule has 0 saturated heterocycles. The van der Waals surface area contributed by atoms with E-state index in [0.717, 1.165) is 0 Å². The summed E-state index contributed by atoms with van der Waals surface area (Å²) >= 11 is 1.43. The number of fused-ring (bicyclic) bond motifs is 1. The lowest BCUT2D eigenvalue weighted by Crippen LogP contribution is -2.11. The number of hydrogen-bond acceptors (Lipinski definition) is 4. The maximum atomic E-state index is 14.8. The number of aromatic amines is 1. The van der Waals surface area contributed by atoms with Gasteiger partial charge in [-0.05, 0) is 23.6 Å². The molecular formula is C17H11FN4OS. The van der Waals surface area contributed by atoms with Gasteiger partial charge < -0.3 is 5.32 Å². The van der Waals surface area contributed by atoms with Crippen LogP contribution < -0.4 is 5.32 Å². The zero-order chi connectivity index (χ0) is 16.5. The van der Waals surface area contributed by atoms with Gasteiger partial charge in [-0.2, -0.15) is 16.4 Å². The van der Waals surface area contributed by atoms with E-state index in [1.54, 1.807) is 48.1 Å². The summed E-state index contributed by atoms with van der Waals surface area (Å²) in [4.78, 5) is 16.1. The van der Waals surface area contributed by atoms with Gasteiger partial charge in [0.05, 0.1) is 5.56 Å². The van der Waals surface area contributed by atoms with Crippen LogP contribution in [0.25, 0.3) is 22.0 Å².